The first-order chi connectivity index (χ1) is 10.6. The van der Waals surface area contributed by atoms with Crippen molar-refractivity contribution in [2.24, 2.45) is 0 Å². The first-order valence-corrected chi connectivity index (χ1v) is 7.67. The molecule has 0 unspecified atom stereocenters. The van der Waals surface area contributed by atoms with Gasteiger partial charge < -0.3 is 10.6 Å². The Balaban J connectivity index is 2.09. The van der Waals surface area contributed by atoms with Gasteiger partial charge in [-0.3, -0.25) is 4.79 Å². The topological polar surface area (TPSA) is 64.9 Å². The Morgan fingerprint density at radius 1 is 1.18 bits per heavy atom. The smallest absolute Gasteiger partial charge is 0.267 e. The largest absolute Gasteiger partial charge is 0.360 e. The molecule has 2 aromatic rings. The first kappa shape index (κ1) is 16.0. The van der Waals surface area contributed by atoms with Crippen LogP contribution < -0.4 is 10.6 Å². The second-order valence-corrected chi connectivity index (χ2v) is 5.84. The van der Waals surface area contributed by atoms with Crippen LogP contribution in [-0.4, -0.2) is 5.91 Å². The molecule has 0 aliphatic heterocycles. The maximum absolute atomic E-state index is 12.1. The molecule has 0 saturated carbocycles. The summed E-state index contributed by atoms with van der Waals surface area (Å²) >= 11 is 2.21. The van der Waals surface area contributed by atoms with Gasteiger partial charge in [-0.1, -0.05) is 18.2 Å². The second kappa shape index (κ2) is 7.61. The van der Waals surface area contributed by atoms with Crippen molar-refractivity contribution in [2.75, 3.05) is 10.6 Å². The SMILES string of the molecule is Cc1ccccc1NC(=O)/C(C#N)=C\Nc1ccc(I)cc1. The van der Waals surface area contributed by atoms with Gasteiger partial charge in [0.2, 0.25) is 0 Å². The zero-order valence-electron chi connectivity index (χ0n) is 11.9. The number of hydrogen-bond acceptors (Lipinski definition) is 3. The van der Waals surface area contributed by atoms with Crippen LogP contribution in [0.4, 0.5) is 11.4 Å². The monoisotopic (exact) mass is 403 g/mol. The molecular weight excluding hydrogens is 389 g/mol. The molecule has 0 saturated heterocycles. The number of hydrogen-bond donors (Lipinski definition) is 2. The van der Waals surface area contributed by atoms with Gasteiger partial charge in [0.1, 0.15) is 11.6 Å². The lowest BCUT2D eigenvalue weighted by Gasteiger charge is -2.07. The number of aryl methyl sites for hydroxylation is 1. The fourth-order valence-corrected chi connectivity index (χ4v) is 2.11. The van der Waals surface area contributed by atoms with Gasteiger partial charge in [0.25, 0.3) is 5.91 Å². The summed E-state index contributed by atoms with van der Waals surface area (Å²) in [6.45, 7) is 1.90. The van der Waals surface area contributed by atoms with Crippen LogP contribution in [0.1, 0.15) is 5.56 Å². The molecule has 0 radical (unpaired) electrons. The number of anilines is 2. The summed E-state index contributed by atoms with van der Waals surface area (Å²) in [5.74, 6) is -0.435. The highest BCUT2D eigenvalue weighted by molar-refractivity contribution is 14.1. The Morgan fingerprint density at radius 3 is 2.50 bits per heavy atom. The lowest BCUT2D eigenvalue weighted by Crippen LogP contribution is -2.15. The van der Waals surface area contributed by atoms with Crippen molar-refractivity contribution in [3.63, 3.8) is 0 Å². The molecule has 2 N–H and O–H groups in total. The lowest BCUT2D eigenvalue weighted by atomic mass is 10.2. The van der Waals surface area contributed by atoms with Crippen molar-refractivity contribution in [1.29, 1.82) is 5.26 Å². The predicted octanol–water partition coefficient (Wildman–Crippen LogP) is 4.06. The van der Waals surface area contributed by atoms with E-state index in [9.17, 15) is 4.79 Å². The van der Waals surface area contributed by atoms with Crippen LogP contribution in [0.15, 0.2) is 60.3 Å². The molecule has 0 aromatic heterocycles. The Kier molecular flexibility index (Phi) is 5.55. The van der Waals surface area contributed by atoms with E-state index in [1.807, 2.05) is 55.5 Å². The lowest BCUT2D eigenvalue weighted by molar-refractivity contribution is -0.112. The predicted molar refractivity (Wildman–Crippen MR) is 96.3 cm³/mol. The summed E-state index contributed by atoms with van der Waals surface area (Å²) in [5.41, 5.74) is 2.47. The quantitative estimate of drug-likeness (QED) is 0.460. The van der Waals surface area contributed by atoms with Crippen LogP contribution in [0.25, 0.3) is 0 Å². The van der Waals surface area contributed by atoms with Gasteiger partial charge in [-0.05, 0) is 65.4 Å². The molecule has 0 bridgehead atoms. The maximum atomic E-state index is 12.1. The zero-order chi connectivity index (χ0) is 15.9. The molecule has 2 rings (SSSR count). The van der Waals surface area contributed by atoms with Crippen LogP contribution >= 0.6 is 22.6 Å². The normalized spacial score (nSPS) is 10.7. The van der Waals surface area contributed by atoms with Crippen molar-refractivity contribution in [1.82, 2.24) is 0 Å². The number of nitrogens with zero attached hydrogens (tertiary/aromatic N) is 1. The third-order valence-electron chi connectivity index (χ3n) is 2.99. The van der Waals surface area contributed by atoms with E-state index < -0.39 is 5.91 Å². The second-order valence-electron chi connectivity index (χ2n) is 4.59. The number of carbonyl (C=O) groups excluding carboxylic acids is 1. The average molecular weight is 403 g/mol. The van der Waals surface area contributed by atoms with Gasteiger partial charge in [0.05, 0.1) is 0 Å². The fraction of sp³-hybridized carbons (Fsp3) is 0.0588. The average Bonchev–Trinajstić information content (AvgIpc) is 2.52. The highest BCUT2D eigenvalue weighted by atomic mass is 127. The van der Waals surface area contributed by atoms with E-state index in [-0.39, 0.29) is 5.57 Å². The van der Waals surface area contributed by atoms with Crippen molar-refractivity contribution in [2.45, 2.75) is 6.92 Å². The van der Waals surface area contributed by atoms with Crippen molar-refractivity contribution >= 4 is 39.9 Å². The summed E-state index contributed by atoms with van der Waals surface area (Å²) in [4.78, 5) is 12.1. The van der Waals surface area contributed by atoms with Gasteiger partial charge in [-0.2, -0.15) is 5.26 Å². The highest BCUT2D eigenvalue weighted by Crippen LogP contribution is 2.15. The summed E-state index contributed by atoms with van der Waals surface area (Å²) in [6, 6.07) is 17.0. The zero-order valence-corrected chi connectivity index (χ0v) is 14.1. The van der Waals surface area contributed by atoms with Crippen LogP contribution in [0.3, 0.4) is 0 Å². The van der Waals surface area contributed by atoms with E-state index >= 15 is 0 Å². The third-order valence-corrected chi connectivity index (χ3v) is 3.70. The van der Waals surface area contributed by atoms with E-state index in [1.54, 1.807) is 6.07 Å². The first-order valence-electron chi connectivity index (χ1n) is 6.59. The van der Waals surface area contributed by atoms with E-state index in [0.29, 0.717) is 5.69 Å². The molecule has 0 heterocycles. The number of halogens is 1. The molecule has 0 atom stereocenters. The number of nitriles is 1. The van der Waals surface area contributed by atoms with E-state index in [0.717, 1.165) is 14.8 Å². The number of para-hydroxylation sites is 1. The molecule has 0 aliphatic carbocycles. The number of benzene rings is 2. The molecule has 5 heteroatoms. The number of carbonyl (C=O) groups is 1. The minimum absolute atomic E-state index is 0.0156. The van der Waals surface area contributed by atoms with Crippen LogP contribution in [0.5, 0.6) is 0 Å². The molecule has 110 valence electrons. The number of nitrogens with one attached hydrogen (secondary N) is 2. The Hall–Kier alpha value is -2.33. The Labute approximate surface area is 143 Å². The molecule has 1 amide bonds. The fourth-order valence-electron chi connectivity index (χ4n) is 1.75. The van der Waals surface area contributed by atoms with Crippen molar-refractivity contribution < 1.29 is 4.79 Å². The van der Waals surface area contributed by atoms with Gasteiger partial charge in [0, 0.05) is 21.1 Å². The van der Waals surface area contributed by atoms with Gasteiger partial charge in [-0.15, -0.1) is 0 Å². The number of rotatable bonds is 4. The molecule has 4 nitrogen and oxygen atoms in total. The summed E-state index contributed by atoms with van der Waals surface area (Å²) in [6.07, 6.45) is 1.41. The molecule has 0 aliphatic rings. The van der Waals surface area contributed by atoms with E-state index in [1.165, 1.54) is 6.20 Å². The molecule has 2 aromatic carbocycles. The molecule has 0 fully saturated rings. The minimum atomic E-state index is -0.435. The highest BCUT2D eigenvalue weighted by Gasteiger charge is 2.10. The molecule has 22 heavy (non-hydrogen) atoms. The van der Waals surface area contributed by atoms with Crippen LogP contribution in [0.2, 0.25) is 0 Å². The maximum Gasteiger partial charge on any atom is 0.267 e. The van der Waals surface area contributed by atoms with Gasteiger partial charge in [-0.25, -0.2) is 0 Å². The van der Waals surface area contributed by atoms with Gasteiger partial charge in [0.15, 0.2) is 0 Å². The summed E-state index contributed by atoms with van der Waals surface area (Å²) < 4.78 is 1.12. The van der Waals surface area contributed by atoms with E-state index in [2.05, 4.69) is 33.2 Å². The third kappa shape index (κ3) is 4.33. The van der Waals surface area contributed by atoms with Crippen molar-refractivity contribution in [3.8, 4) is 6.07 Å². The van der Waals surface area contributed by atoms with Crippen LogP contribution in [0, 0.1) is 21.8 Å². The minimum Gasteiger partial charge on any atom is -0.360 e. The standard InChI is InChI=1S/C17H14IN3O/c1-12-4-2-3-5-16(12)21-17(22)13(10-19)11-20-15-8-6-14(18)7-9-15/h2-9,11,20H,1H3,(H,21,22)/b13-11-. The molecular formula is C17H14IN3O. The summed E-state index contributed by atoms with van der Waals surface area (Å²) in [7, 11) is 0. The summed E-state index contributed by atoms with van der Waals surface area (Å²) in [5, 5.41) is 14.8. The Bertz CT molecular complexity index is 745. The Morgan fingerprint density at radius 2 is 1.86 bits per heavy atom. The van der Waals surface area contributed by atoms with Crippen LogP contribution in [-0.2, 0) is 4.79 Å². The van der Waals surface area contributed by atoms with Gasteiger partial charge >= 0.3 is 0 Å². The molecule has 0 spiro atoms. The van der Waals surface area contributed by atoms with E-state index in [4.69, 9.17) is 5.26 Å². The number of amides is 1. The van der Waals surface area contributed by atoms with Crippen molar-refractivity contribution in [3.05, 3.63) is 69.4 Å².